The molecule has 0 spiro atoms. The number of aromatic amines is 1. The van der Waals surface area contributed by atoms with E-state index in [1.165, 1.54) is 6.07 Å². The largest absolute Gasteiger partial charge is 0.504 e. The number of halogens is 2. The summed E-state index contributed by atoms with van der Waals surface area (Å²) in [5.74, 6) is 1.19. The highest BCUT2D eigenvalue weighted by atomic mass is 35.5. The Balaban J connectivity index is 1.91. The molecule has 0 saturated heterocycles. The summed E-state index contributed by atoms with van der Waals surface area (Å²) >= 11 is 12.2. The molecule has 2 N–H and O–H groups in total. The van der Waals surface area contributed by atoms with Gasteiger partial charge in [0.25, 0.3) is 0 Å². The van der Waals surface area contributed by atoms with Crippen LogP contribution in [0.5, 0.6) is 17.2 Å². The van der Waals surface area contributed by atoms with Gasteiger partial charge in [-0.15, -0.1) is 0 Å². The van der Waals surface area contributed by atoms with Crippen LogP contribution in [-0.2, 0) is 0 Å². The van der Waals surface area contributed by atoms with Gasteiger partial charge in [-0.05, 0) is 30.3 Å². The van der Waals surface area contributed by atoms with Crippen LogP contribution in [0.3, 0.4) is 0 Å². The van der Waals surface area contributed by atoms with Crippen LogP contribution in [-0.4, -0.2) is 29.3 Å². The molecule has 0 saturated carbocycles. The van der Waals surface area contributed by atoms with Crippen molar-refractivity contribution in [3.63, 3.8) is 0 Å². The van der Waals surface area contributed by atoms with E-state index in [0.717, 1.165) is 16.6 Å². The van der Waals surface area contributed by atoms with E-state index in [1.807, 2.05) is 30.3 Å². The van der Waals surface area contributed by atoms with E-state index in [1.54, 1.807) is 14.2 Å². The predicted molar refractivity (Wildman–Crippen MR) is 104 cm³/mol. The Morgan fingerprint density at radius 2 is 1.69 bits per heavy atom. The lowest BCUT2D eigenvalue weighted by Gasteiger charge is -2.07. The lowest BCUT2D eigenvalue weighted by molar-refractivity contribution is 0.356. The molecule has 4 aromatic rings. The van der Waals surface area contributed by atoms with Crippen LogP contribution < -0.4 is 9.47 Å². The summed E-state index contributed by atoms with van der Waals surface area (Å²) in [6.07, 6.45) is 0. The number of ether oxygens (including phenoxy) is 2. The number of hydrogen-bond donors (Lipinski definition) is 2. The van der Waals surface area contributed by atoms with Crippen LogP contribution >= 0.6 is 23.2 Å². The highest BCUT2D eigenvalue weighted by Gasteiger charge is 2.14. The molecule has 0 unspecified atom stereocenters. The van der Waals surface area contributed by atoms with E-state index in [4.69, 9.17) is 32.7 Å². The average Bonchev–Trinajstić information content (AvgIpc) is 3.07. The molecule has 0 aliphatic heterocycles. The van der Waals surface area contributed by atoms with Crippen molar-refractivity contribution in [2.75, 3.05) is 14.2 Å². The summed E-state index contributed by atoms with van der Waals surface area (Å²) < 4.78 is 10.7. The Hall–Kier alpha value is -2.63. The van der Waals surface area contributed by atoms with E-state index >= 15 is 0 Å². The van der Waals surface area contributed by atoms with Gasteiger partial charge in [0.1, 0.15) is 5.52 Å². The Morgan fingerprint density at radius 3 is 2.42 bits per heavy atom. The molecule has 0 aliphatic carbocycles. The summed E-state index contributed by atoms with van der Waals surface area (Å²) in [6, 6.07) is 10.9. The monoisotopic (exact) mass is 388 g/mol. The number of pyridine rings is 1. The maximum absolute atomic E-state index is 10.2. The SMILES string of the molecule is COc1cc2cc(-c3ccc4c(Cl)cc(Cl)c(O)c4n3)[nH]c2cc1OC. The summed E-state index contributed by atoms with van der Waals surface area (Å²) in [5, 5.41) is 12.4. The van der Waals surface area contributed by atoms with Crippen LogP contribution in [0.15, 0.2) is 36.4 Å². The third kappa shape index (κ3) is 2.60. The molecule has 2 aromatic heterocycles. The van der Waals surface area contributed by atoms with Crippen LogP contribution in [0.1, 0.15) is 0 Å². The maximum Gasteiger partial charge on any atom is 0.162 e. The van der Waals surface area contributed by atoms with Crippen molar-refractivity contribution < 1.29 is 14.6 Å². The van der Waals surface area contributed by atoms with Crippen LogP contribution in [0.25, 0.3) is 33.2 Å². The predicted octanol–water partition coefficient (Wildman–Crippen LogP) is 5.41. The van der Waals surface area contributed by atoms with Gasteiger partial charge in [-0.2, -0.15) is 0 Å². The zero-order chi connectivity index (χ0) is 18.4. The number of aromatic nitrogens is 2. The highest BCUT2D eigenvalue weighted by molar-refractivity contribution is 6.39. The van der Waals surface area contributed by atoms with E-state index in [2.05, 4.69) is 9.97 Å². The summed E-state index contributed by atoms with van der Waals surface area (Å²) in [7, 11) is 3.19. The fourth-order valence-electron chi connectivity index (χ4n) is 2.95. The van der Waals surface area contributed by atoms with Crippen molar-refractivity contribution in [1.82, 2.24) is 9.97 Å². The van der Waals surface area contributed by atoms with E-state index < -0.39 is 0 Å². The van der Waals surface area contributed by atoms with Gasteiger partial charge in [-0.1, -0.05) is 23.2 Å². The number of fused-ring (bicyclic) bond motifs is 2. The molecule has 0 bridgehead atoms. The molecule has 0 atom stereocenters. The molecule has 2 aromatic carbocycles. The van der Waals surface area contributed by atoms with Crippen molar-refractivity contribution >= 4 is 45.0 Å². The Labute approximate surface area is 159 Å². The van der Waals surface area contributed by atoms with Gasteiger partial charge in [0.2, 0.25) is 0 Å². The first-order chi connectivity index (χ1) is 12.5. The zero-order valence-electron chi connectivity index (χ0n) is 13.9. The molecule has 0 amide bonds. The lowest BCUT2D eigenvalue weighted by Crippen LogP contribution is -1.89. The second kappa shape index (κ2) is 6.27. The minimum atomic E-state index is -0.0904. The molecule has 0 fully saturated rings. The number of methoxy groups -OCH3 is 2. The maximum atomic E-state index is 10.2. The second-order valence-corrected chi connectivity index (χ2v) is 6.57. The van der Waals surface area contributed by atoms with Crippen molar-refractivity contribution in [1.29, 1.82) is 0 Å². The number of H-pyrrole nitrogens is 1. The zero-order valence-corrected chi connectivity index (χ0v) is 15.4. The van der Waals surface area contributed by atoms with Gasteiger partial charge in [0.15, 0.2) is 17.2 Å². The van der Waals surface area contributed by atoms with Gasteiger partial charge < -0.3 is 19.6 Å². The second-order valence-electron chi connectivity index (χ2n) is 5.76. The average molecular weight is 389 g/mol. The normalized spacial score (nSPS) is 11.2. The third-order valence-electron chi connectivity index (χ3n) is 4.26. The summed E-state index contributed by atoms with van der Waals surface area (Å²) in [5.41, 5.74) is 2.68. The van der Waals surface area contributed by atoms with Gasteiger partial charge >= 0.3 is 0 Å². The number of nitrogens with one attached hydrogen (secondary N) is 1. The lowest BCUT2D eigenvalue weighted by atomic mass is 10.1. The first-order valence-electron chi connectivity index (χ1n) is 7.74. The molecule has 7 heteroatoms. The number of benzene rings is 2. The molecule has 4 rings (SSSR count). The minimum absolute atomic E-state index is 0.0904. The molecule has 0 radical (unpaired) electrons. The molecule has 0 aliphatic rings. The van der Waals surface area contributed by atoms with Crippen molar-refractivity contribution in [2.45, 2.75) is 0 Å². The quantitative estimate of drug-likeness (QED) is 0.492. The van der Waals surface area contributed by atoms with Gasteiger partial charge in [0.05, 0.1) is 35.7 Å². The Morgan fingerprint density at radius 1 is 0.962 bits per heavy atom. The topological polar surface area (TPSA) is 67.4 Å². The standard InChI is InChI=1S/C19H14Cl2N2O3/c1-25-16-6-9-5-15(22-14(9)8-17(16)26-2)13-4-3-10-11(20)7-12(21)19(24)18(10)23-13/h3-8,22,24H,1-2H3. The number of phenols is 1. The number of aromatic hydroxyl groups is 1. The Kier molecular flexibility index (Phi) is 4.05. The fraction of sp³-hybridized carbons (Fsp3) is 0.105. The van der Waals surface area contributed by atoms with Crippen molar-refractivity contribution in [3.8, 4) is 28.6 Å². The fourth-order valence-corrected chi connectivity index (χ4v) is 3.47. The van der Waals surface area contributed by atoms with Gasteiger partial charge in [0, 0.05) is 22.4 Å². The minimum Gasteiger partial charge on any atom is -0.504 e. The van der Waals surface area contributed by atoms with Crippen molar-refractivity contribution in [2.24, 2.45) is 0 Å². The van der Waals surface area contributed by atoms with Gasteiger partial charge in [-0.25, -0.2) is 4.98 Å². The number of nitrogens with zero attached hydrogens (tertiary/aromatic N) is 1. The van der Waals surface area contributed by atoms with E-state index in [9.17, 15) is 5.11 Å². The molecule has 26 heavy (non-hydrogen) atoms. The summed E-state index contributed by atoms with van der Waals surface area (Å²) in [4.78, 5) is 7.84. The van der Waals surface area contributed by atoms with Crippen LogP contribution in [0, 0.1) is 0 Å². The molecule has 5 nitrogen and oxygen atoms in total. The first kappa shape index (κ1) is 16.8. The summed E-state index contributed by atoms with van der Waals surface area (Å²) in [6.45, 7) is 0. The number of hydrogen-bond acceptors (Lipinski definition) is 4. The molecule has 2 heterocycles. The highest BCUT2D eigenvalue weighted by Crippen LogP contribution is 2.38. The van der Waals surface area contributed by atoms with Crippen LogP contribution in [0.4, 0.5) is 0 Å². The van der Waals surface area contributed by atoms with Crippen LogP contribution in [0.2, 0.25) is 10.0 Å². The third-order valence-corrected chi connectivity index (χ3v) is 4.86. The van der Waals surface area contributed by atoms with E-state index in [0.29, 0.717) is 33.1 Å². The smallest absolute Gasteiger partial charge is 0.162 e. The molecular formula is C19H14Cl2N2O3. The molecular weight excluding hydrogens is 375 g/mol. The number of rotatable bonds is 3. The Bertz CT molecular complexity index is 1110. The molecule has 132 valence electrons. The number of phenolic OH excluding ortho intramolecular Hbond substituents is 1. The van der Waals surface area contributed by atoms with Gasteiger partial charge in [-0.3, -0.25) is 0 Å². The van der Waals surface area contributed by atoms with Crippen molar-refractivity contribution in [3.05, 3.63) is 46.4 Å². The first-order valence-corrected chi connectivity index (χ1v) is 8.50. The van der Waals surface area contributed by atoms with E-state index in [-0.39, 0.29) is 10.8 Å².